The van der Waals surface area contributed by atoms with Crippen LogP contribution in [0.3, 0.4) is 0 Å². The smallest absolute Gasteiger partial charge is 0.292 e. The number of amides is 2. The fraction of sp³-hybridized carbons (Fsp3) is 0.176. The summed E-state index contributed by atoms with van der Waals surface area (Å²) >= 11 is 0. The Balaban J connectivity index is 1.77. The van der Waals surface area contributed by atoms with Crippen molar-refractivity contribution in [2.45, 2.75) is 13.0 Å². The number of para-hydroxylation sites is 1. The maximum Gasteiger partial charge on any atom is 0.292 e. The van der Waals surface area contributed by atoms with E-state index < -0.39 is 11.9 Å². The number of aliphatic imine (C=N–C) groups is 1. The van der Waals surface area contributed by atoms with E-state index in [4.69, 9.17) is 4.74 Å². The number of aromatic nitrogens is 1. The van der Waals surface area contributed by atoms with Crippen molar-refractivity contribution < 1.29 is 14.3 Å². The van der Waals surface area contributed by atoms with E-state index in [9.17, 15) is 9.59 Å². The predicted molar refractivity (Wildman–Crippen MR) is 93.4 cm³/mol. The third kappa shape index (κ3) is 3.57. The van der Waals surface area contributed by atoms with Gasteiger partial charge >= 0.3 is 0 Å². The van der Waals surface area contributed by atoms with Crippen LogP contribution in [0.2, 0.25) is 0 Å². The number of nitrogens with one attached hydrogen (secondary N) is 2. The lowest BCUT2D eigenvalue weighted by molar-refractivity contribution is -0.120. The topological polar surface area (TPSA) is 95.9 Å². The third-order valence-corrected chi connectivity index (χ3v) is 3.55. The predicted octanol–water partition coefficient (Wildman–Crippen LogP) is 1.37. The Hall–Kier alpha value is -3.42. The summed E-state index contributed by atoms with van der Waals surface area (Å²) in [7, 11) is 1.51. The highest BCUT2D eigenvalue weighted by Gasteiger charge is 2.30. The minimum absolute atomic E-state index is 0.0479. The van der Waals surface area contributed by atoms with Crippen LogP contribution in [-0.4, -0.2) is 35.8 Å². The van der Waals surface area contributed by atoms with Gasteiger partial charge in [0, 0.05) is 6.07 Å². The van der Waals surface area contributed by atoms with Gasteiger partial charge in [-0.15, -0.1) is 0 Å². The number of benzene rings is 1. The molecule has 1 atom stereocenters. The molecule has 0 saturated carbocycles. The van der Waals surface area contributed by atoms with Gasteiger partial charge in [-0.05, 0) is 25.1 Å². The van der Waals surface area contributed by atoms with E-state index >= 15 is 0 Å². The molecule has 2 aromatic rings. The standard InChI is InChI=1S/C17H17N5O3/c1-11-17(24)22(13-6-4-3-5-7-13)21-15(19-11)16(23)20-12-8-9-14(25-2)18-10-12/h3-11H,1-2H3,(H,19,21)(H,20,23)/t11-/m0/s1. The van der Waals surface area contributed by atoms with E-state index in [1.165, 1.54) is 18.3 Å². The Morgan fingerprint density at radius 3 is 2.64 bits per heavy atom. The van der Waals surface area contributed by atoms with Crippen molar-refractivity contribution in [3.8, 4) is 5.88 Å². The SMILES string of the molecule is COc1ccc(NC(=O)C2=N[C@@H](C)C(=O)N(c3ccccc3)N2)cn1. The van der Waals surface area contributed by atoms with Gasteiger partial charge in [0.2, 0.25) is 11.7 Å². The number of ether oxygens (including phenoxy) is 1. The van der Waals surface area contributed by atoms with Crippen molar-refractivity contribution in [3.63, 3.8) is 0 Å². The second kappa shape index (κ2) is 7.00. The summed E-state index contributed by atoms with van der Waals surface area (Å²) in [4.78, 5) is 32.9. The summed E-state index contributed by atoms with van der Waals surface area (Å²) in [5.74, 6) is -0.214. The van der Waals surface area contributed by atoms with Crippen LogP contribution in [0.25, 0.3) is 0 Å². The zero-order valence-electron chi connectivity index (χ0n) is 13.8. The quantitative estimate of drug-likeness (QED) is 0.877. The zero-order chi connectivity index (χ0) is 17.8. The van der Waals surface area contributed by atoms with Gasteiger partial charge in [-0.2, -0.15) is 0 Å². The van der Waals surface area contributed by atoms with E-state index in [-0.39, 0.29) is 11.7 Å². The number of amidine groups is 1. The molecule has 1 aliphatic rings. The van der Waals surface area contributed by atoms with Gasteiger partial charge in [-0.3, -0.25) is 15.0 Å². The molecule has 128 valence electrons. The van der Waals surface area contributed by atoms with Crippen LogP contribution in [0.5, 0.6) is 5.88 Å². The highest BCUT2D eigenvalue weighted by atomic mass is 16.5. The minimum atomic E-state index is -0.670. The average Bonchev–Trinajstić information content (AvgIpc) is 2.65. The molecule has 1 aromatic heterocycles. The molecular formula is C17H17N5O3. The molecule has 0 spiro atoms. The zero-order valence-corrected chi connectivity index (χ0v) is 13.8. The summed E-state index contributed by atoms with van der Waals surface area (Å²) < 4.78 is 4.98. The van der Waals surface area contributed by atoms with Crippen LogP contribution in [-0.2, 0) is 9.59 Å². The second-order valence-electron chi connectivity index (χ2n) is 5.32. The van der Waals surface area contributed by atoms with E-state index in [1.54, 1.807) is 31.2 Å². The number of hydrogen-bond donors (Lipinski definition) is 2. The largest absolute Gasteiger partial charge is 0.481 e. The second-order valence-corrected chi connectivity index (χ2v) is 5.32. The summed E-state index contributed by atoms with van der Waals surface area (Å²) in [6, 6.07) is 11.6. The first-order chi connectivity index (χ1) is 12.1. The van der Waals surface area contributed by atoms with E-state index in [0.29, 0.717) is 17.3 Å². The minimum Gasteiger partial charge on any atom is -0.481 e. The fourth-order valence-corrected chi connectivity index (χ4v) is 2.27. The van der Waals surface area contributed by atoms with Crippen molar-refractivity contribution >= 4 is 29.0 Å². The average molecular weight is 339 g/mol. The Kier molecular flexibility index (Phi) is 4.60. The molecule has 0 fully saturated rings. The normalized spacial score (nSPS) is 16.7. The van der Waals surface area contributed by atoms with Crippen LogP contribution in [0.1, 0.15) is 6.92 Å². The van der Waals surface area contributed by atoms with Gasteiger partial charge in [-0.25, -0.2) is 15.0 Å². The number of pyridine rings is 1. The van der Waals surface area contributed by atoms with Gasteiger partial charge in [0.1, 0.15) is 6.04 Å². The molecule has 0 aliphatic carbocycles. The Bertz CT molecular complexity index is 805. The van der Waals surface area contributed by atoms with E-state index in [1.807, 2.05) is 18.2 Å². The summed E-state index contributed by atoms with van der Waals surface area (Å²) in [5, 5.41) is 4.00. The molecule has 0 radical (unpaired) electrons. The van der Waals surface area contributed by atoms with Gasteiger partial charge < -0.3 is 10.1 Å². The molecule has 2 heterocycles. The van der Waals surface area contributed by atoms with Crippen LogP contribution < -0.4 is 20.5 Å². The molecule has 0 bridgehead atoms. The Morgan fingerprint density at radius 1 is 1.24 bits per heavy atom. The van der Waals surface area contributed by atoms with Crippen LogP contribution in [0, 0.1) is 0 Å². The number of hydrogen-bond acceptors (Lipinski definition) is 6. The number of rotatable bonds is 4. The number of hydrazine groups is 1. The van der Waals surface area contributed by atoms with Crippen molar-refractivity contribution in [1.82, 2.24) is 10.4 Å². The maximum atomic E-state index is 12.4. The molecule has 8 nitrogen and oxygen atoms in total. The van der Waals surface area contributed by atoms with Gasteiger partial charge in [0.05, 0.1) is 24.7 Å². The first-order valence-electron chi connectivity index (χ1n) is 7.63. The highest BCUT2D eigenvalue weighted by Crippen LogP contribution is 2.16. The monoisotopic (exact) mass is 339 g/mol. The molecule has 0 saturated heterocycles. The lowest BCUT2D eigenvalue weighted by atomic mass is 10.2. The molecule has 0 unspecified atom stereocenters. The first kappa shape index (κ1) is 16.4. The van der Waals surface area contributed by atoms with Crippen LogP contribution in [0.4, 0.5) is 11.4 Å². The molecule has 1 aromatic carbocycles. The lowest BCUT2D eigenvalue weighted by Gasteiger charge is -2.30. The maximum absolute atomic E-state index is 12.4. The first-order valence-corrected chi connectivity index (χ1v) is 7.63. The Morgan fingerprint density at radius 2 is 2.00 bits per heavy atom. The van der Waals surface area contributed by atoms with Crippen molar-refractivity contribution in [3.05, 3.63) is 48.7 Å². The Labute approximate surface area is 144 Å². The molecular weight excluding hydrogens is 322 g/mol. The molecule has 25 heavy (non-hydrogen) atoms. The third-order valence-electron chi connectivity index (χ3n) is 3.55. The highest BCUT2D eigenvalue weighted by molar-refractivity contribution is 6.43. The van der Waals surface area contributed by atoms with Crippen LogP contribution in [0.15, 0.2) is 53.7 Å². The number of nitrogens with zero attached hydrogens (tertiary/aromatic N) is 3. The van der Waals surface area contributed by atoms with Gasteiger partial charge in [-0.1, -0.05) is 18.2 Å². The number of carbonyl (C=O) groups is 2. The van der Waals surface area contributed by atoms with Crippen molar-refractivity contribution in [2.24, 2.45) is 4.99 Å². The number of anilines is 2. The lowest BCUT2D eigenvalue weighted by Crippen LogP contribution is -2.57. The molecule has 8 heteroatoms. The van der Waals surface area contributed by atoms with Gasteiger partial charge in [0.15, 0.2) is 0 Å². The van der Waals surface area contributed by atoms with Gasteiger partial charge in [0.25, 0.3) is 11.8 Å². The summed E-state index contributed by atoms with van der Waals surface area (Å²) in [5.41, 5.74) is 3.89. The summed E-state index contributed by atoms with van der Waals surface area (Å²) in [6.45, 7) is 1.64. The molecule has 2 N–H and O–H groups in total. The fourth-order valence-electron chi connectivity index (χ4n) is 2.27. The molecule has 2 amide bonds. The summed E-state index contributed by atoms with van der Waals surface area (Å²) in [6.07, 6.45) is 1.48. The van der Waals surface area contributed by atoms with Crippen molar-refractivity contribution in [2.75, 3.05) is 17.4 Å². The molecule has 1 aliphatic heterocycles. The molecule has 3 rings (SSSR count). The van der Waals surface area contributed by atoms with E-state index in [2.05, 4.69) is 20.7 Å². The van der Waals surface area contributed by atoms with Crippen molar-refractivity contribution in [1.29, 1.82) is 0 Å². The van der Waals surface area contributed by atoms with Crippen LogP contribution >= 0.6 is 0 Å². The number of methoxy groups -OCH3 is 1. The van der Waals surface area contributed by atoms with E-state index in [0.717, 1.165) is 0 Å². The number of carbonyl (C=O) groups excluding carboxylic acids is 2.